The molecule has 0 bridgehead atoms. The van der Waals surface area contributed by atoms with Crippen LogP contribution in [0.3, 0.4) is 0 Å². The molecule has 0 N–H and O–H groups in total. The third kappa shape index (κ3) is 5.51. The lowest BCUT2D eigenvalue weighted by Crippen LogP contribution is -2.57. The van der Waals surface area contributed by atoms with Crippen LogP contribution in [-0.4, -0.2) is 6.71 Å². The van der Waals surface area contributed by atoms with Crippen LogP contribution in [0, 0.1) is 5.41 Å². The Hall–Kier alpha value is -7.30. The number of anilines is 8. The average Bonchev–Trinajstić information content (AvgIpc) is 3.54. The molecule has 0 unspecified atom stereocenters. The van der Waals surface area contributed by atoms with Gasteiger partial charge in [-0.3, -0.25) is 0 Å². The van der Waals surface area contributed by atoms with Crippen molar-refractivity contribution in [2.75, 3.05) is 14.7 Å². The summed E-state index contributed by atoms with van der Waals surface area (Å²) in [5, 5.41) is 0. The fourth-order valence-corrected chi connectivity index (χ4v) is 10.1. The molecule has 1 aliphatic carbocycles. The molecule has 3 aliphatic rings. The van der Waals surface area contributed by atoms with Gasteiger partial charge in [-0.05, 0) is 100 Å². The van der Waals surface area contributed by atoms with E-state index in [0.29, 0.717) is 0 Å². The fraction of sp³-hybridized carbons (Fsp3) is 0.0545. The van der Waals surface area contributed by atoms with Gasteiger partial charge in [-0.1, -0.05) is 165 Å². The van der Waals surface area contributed by atoms with Crippen LogP contribution in [0.15, 0.2) is 230 Å². The number of para-hydroxylation sites is 4. The quantitative estimate of drug-likeness (QED) is 0.150. The predicted octanol–water partition coefficient (Wildman–Crippen LogP) is 13.1. The van der Waals surface area contributed by atoms with Gasteiger partial charge in [-0.25, -0.2) is 0 Å². The molecule has 8 aromatic rings. The summed E-state index contributed by atoms with van der Waals surface area (Å²) in [6, 6.07) is 79.6. The van der Waals surface area contributed by atoms with E-state index in [1.165, 1.54) is 61.4 Å². The zero-order chi connectivity index (χ0) is 39.5. The number of hydrogen-bond donors (Lipinski definition) is 0. The zero-order valence-electron chi connectivity index (χ0n) is 33.2. The van der Waals surface area contributed by atoms with E-state index in [4.69, 9.17) is 0 Å². The minimum atomic E-state index is -0.352. The lowest BCUT2D eigenvalue weighted by Gasteiger charge is -2.46. The molecule has 0 fully saturated rings. The Labute approximate surface area is 347 Å². The largest absolute Gasteiger partial charge is 0.311 e. The monoisotopic (exact) mass is 755 g/mol. The summed E-state index contributed by atoms with van der Waals surface area (Å²) < 4.78 is 0. The molecule has 0 amide bonds. The fourth-order valence-electron chi connectivity index (χ4n) is 10.1. The number of hydrogen-bond acceptors (Lipinski definition) is 3. The number of rotatable bonds is 7. The standard InChI is InChI=1S/C55H42BN3/c1-55(2)51(40-24-11-4-12-25-40)50(39-22-9-3-10-23-39)53-54(55)56-46-37-36-45(57(41-26-13-5-14-27-41)42-28-15-6-16-29-42)38-49(46)58(43-30-17-7-18-31-43)47-34-21-35-48(52(47)56)59(53)44-32-19-8-20-33-44/h3-38H,1-2H3. The first-order valence-electron chi connectivity index (χ1n) is 20.6. The Morgan fingerprint density at radius 2 is 0.898 bits per heavy atom. The number of fused-ring (bicyclic) bond motifs is 3. The maximum absolute atomic E-state index is 2.57. The number of benzene rings is 8. The van der Waals surface area contributed by atoms with E-state index in [-0.39, 0.29) is 12.1 Å². The molecule has 0 aromatic heterocycles. The van der Waals surface area contributed by atoms with Gasteiger partial charge in [0.1, 0.15) is 0 Å². The number of nitrogens with zero attached hydrogens (tertiary/aromatic N) is 3. The predicted molar refractivity (Wildman–Crippen MR) is 250 cm³/mol. The molecule has 0 spiro atoms. The van der Waals surface area contributed by atoms with Crippen LogP contribution in [0.2, 0.25) is 0 Å². The van der Waals surface area contributed by atoms with Gasteiger partial charge in [-0.15, -0.1) is 0 Å². The molecule has 0 atom stereocenters. The summed E-state index contributed by atoms with van der Waals surface area (Å²) in [5.41, 5.74) is 19.3. The van der Waals surface area contributed by atoms with Crippen molar-refractivity contribution in [2.24, 2.45) is 5.41 Å². The highest BCUT2D eigenvalue weighted by Crippen LogP contribution is 2.60. The van der Waals surface area contributed by atoms with Crippen molar-refractivity contribution < 1.29 is 0 Å². The minimum Gasteiger partial charge on any atom is -0.311 e. The van der Waals surface area contributed by atoms with Crippen molar-refractivity contribution in [1.29, 1.82) is 0 Å². The molecule has 0 saturated heterocycles. The molecule has 11 rings (SSSR count). The van der Waals surface area contributed by atoms with Gasteiger partial charge >= 0.3 is 0 Å². The van der Waals surface area contributed by atoms with Gasteiger partial charge in [0.2, 0.25) is 6.71 Å². The molecule has 0 radical (unpaired) electrons. The van der Waals surface area contributed by atoms with Crippen molar-refractivity contribution in [1.82, 2.24) is 0 Å². The van der Waals surface area contributed by atoms with E-state index in [1.54, 1.807) is 0 Å². The van der Waals surface area contributed by atoms with Crippen molar-refractivity contribution in [3.63, 3.8) is 0 Å². The molecule has 280 valence electrons. The van der Waals surface area contributed by atoms with Crippen LogP contribution in [0.4, 0.5) is 45.5 Å². The number of allylic oxidation sites excluding steroid dienone is 3. The van der Waals surface area contributed by atoms with Gasteiger partial charge in [0.25, 0.3) is 0 Å². The van der Waals surface area contributed by atoms with Crippen LogP contribution < -0.4 is 25.6 Å². The van der Waals surface area contributed by atoms with Crippen LogP contribution in [0.5, 0.6) is 0 Å². The molecule has 8 aromatic carbocycles. The van der Waals surface area contributed by atoms with Crippen LogP contribution in [0.1, 0.15) is 25.0 Å². The molecular weight excluding hydrogens is 713 g/mol. The van der Waals surface area contributed by atoms with Gasteiger partial charge < -0.3 is 14.7 Å². The third-order valence-corrected chi connectivity index (χ3v) is 12.4. The highest BCUT2D eigenvalue weighted by atomic mass is 15.2. The highest BCUT2D eigenvalue weighted by Gasteiger charge is 2.54. The minimum absolute atomic E-state index is 0.0167. The van der Waals surface area contributed by atoms with Crippen molar-refractivity contribution in [3.8, 4) is 0 Å². The van der Waals surface area contributed by atoms with E-state index in [2.05, 4.69) is 247 Å². The van der Waals surface area contributed by atoms with Crippen LogP contribution in [0.25, 0.3) is 11.1 Å². The molecule has 2 heterocycles. The topological polar surface area (TPSA) is 9.72 Å². The Morgan fingerprint density at radius 1 is 0.424 bits per heavy atom. The first-order chi connectivity index (χ1) is 29.1. The Kier molecular flexibility index (Phi) is 8.27. The maximum Gasteiger partial charge on any atom is 0.248 e. The average molecular weight is 756 g/mol. The van der Waals surface area contributed by atoms with Gasteiger partial charge in [0.15, 0.2) is 0 Å². The van der Waals surface area contributed by atoms with E-state index < -0.39 is 0 Å². The molecule has 59 heavy (non-hydrogen) atoms. The summed E-state index contributed by atoms with van der Waals surface area (Å²) in [5.74, 6) is 0. The second-order valence-electron chi connectivity index (χ2n) is 16.1. The summed E-state index contributed by atoms with van der Waals surface area (Å²) in [6.07, 6.45) is 0. The lowest BCUT2D eigenvalue weighted by atomic mass is 9.30. The Morgan fingerprint density at radius 3 is 1.46 bits per heavy atom. The SMILES string of the molecule is CC1(C)C2=C(C(c3ccccc3)=C1c1ccccc1)N(c1ccccc1)c1cccc3c1B2c1ccc(N(c2ccccc2)c2ccccc2)cc1N3c1ccccc1. The van der Waals surface area contributed by atoms with Gasteiger partial charge in [0, 0.05) is 62.2 Å². The third-order valence-electron chi connectivity index (χ3n) is 12.4. The second-order valence-corrected chi connectivity index (χ2v) is 16.1. The van der Waals surface area contributed by atoms with Gasteiger partial charge in [0.05, 0.1) is 0 Å². The van der Waals surface area contributed by atoms with Crippen molar-refractivity contribution >= 4 is 74.3 Å². The molecule has 2 aliphatic heterocycles. The normalized spacial score (nSPS) is 14.8. The van der Waals surface area contributed by atoms with E-state index in [0.717, 1.165) is 28.4 Å². The Bertz CT molecular complexity index is 2850. The summed E-state index contributed by atoms with van der Waals surface area (Å²) >= 11 is 0. The molecule has 0 saturated carbocycles. The van der Waals surface area contributed by atoms with Gasteiger partial charge in [-0.2, -0.15) is 0 Å². The second kappa shape index (κ2) is 14.0. The van der Waals surface area contributed by atoms with Crippen molar-refractivity contribution in [3.05, 3.63) is 241 Å². The lowest BCUT2D eigenvalue weighted by molar-refractivity contribution is 0.637. The Balaban J connectivity index is 1.24. The van der Waals surface area contributed by atoms with Crippen LogP contribution >= 0.6 is 0 Å². The first kappa shape index (κ1) is 34.9. The van der Waals surface area contributed by atoms with E-state index >= 15 is 0 Å². The van der Waals surface area contributed by atoms with Crippen LogP contribution in [-0.2, 0) is 0 Å². The molecule has 3 nitrogen and oxygen atoms in total. The molecular formula is C55H42BN3. The smallest absolute Gasteiger partial charge is 0.248 e. The zero-order valence-corrected chi connectivity index (χ0v) is 33.2. The first-order valence-corrected chi connectivity index (χ1v) is 20.6. The summed E-state index contributed by atoms with van der Waals surface area (Å²) in [4.78, 5) is 7.45. The molecule has 4 heteroatoms. The summed E-state index contributed by atoms with van der Waals surface area (Å²) in [6.45, 7) is 4.90. The van der Waals surface area contributed by atoms with Crippen molar-refractivity contribution in [2.45, 2.75) is 13.8 Å². The maximum atomic E-state index is 2.57. The van der Waals surface area contributed by atoms with E-state index in [9.17, 15) is 0 Å². The highest BCUT2D eigenvalue weighted by molar-refractivity contribution is 6.96. The summed E-state index contributed by atoms with van der Waals surface area (Å²) in [7, 11) is 0. The van der Waals surface area contributed by atoms with E-state index in [1.807, 2.05) is 0 Å².